The summed E-state index contributed by atoms with van der Waals surface area (Å²) in [5.74, 6) is -1.23. The van der Waals surface area contributed by atoms with Crippen molar-refractivity contribution in [2.75, 3.05) is 0 Å². The highest BCUT2D eigenvalue weighted by molar-refractivity contribution is 5.87. The van der Waals surface area contributed by atoms with Crippen LogP contribution >= 0.6 is 0 Å². The molecule has 106 valence electrons. The first-order chi connectivity index (χ1) is 9.20. The van der Waals surface area contributed by atoms with Crippen LogP contribution in [0, 0.1) is 6.92 Å². The Morgan fingerprint density at radius 2 is 1.95 bits per heavy atom. The highest BCUT2D eigenvalue weighted by Gasteiger charge is 2.31. The molecule has 1 N–H and O–H groups in total. The van der Waals surface area contributed by atoms with E-state index >= 15 is 0 Å². The summed E-state index contributed by atoms with van der Waals surface area (Å²) in [6.45, 7) is 1.66. The van der Waals surface area contributed by atoms with E-state index < -0.39 is 17.7 Å². The number of halogens is 3. The monoisotopic (exact) mass is 284 g/mol. The van der Waals surface area contributed by atoms with Gasteiger partial charge in [0.2, 0.25) is 0 Å². The number of benzene rings is 1. The third-order valence-electron chi connectivity index (χ3n) is 2.94. The van der Waals surface area contributed by atoms with Crippen LogP contribution in [0.3, 0.4) is 0 Å². The smallest absolute Gasteiger partial charge is 0.416 e. The first-order valence-corrected chi connectivity index (χ1v) is 5.65. The van der Waals surface area contributed by atoms with E-state index in [2.05, 4.69) is 5.10 Å². The SMILES string of the molecule is Cc1ccc(C(F)(F)F)cc1-c1cc(C(=O)O)nn1C. The summed E-state index contributed by atoms with van der Waals surface area (Å²) in [4.78, 5) is 10.9. The summed E-state index contributed by atoms with van der Waals surface area (Å²) in [7, 11) is 1.49. The second-order valence-corrected chi connectivity index (χ2v) is 4.37. The van der Waals surface area contributed by atoms with Crippen molar-refractivity contribution in [2.24, 2.45) is 7.05 Å². The van der Waals surface area contributed by atoms with E-state index in [4.69, 9.17) is 5.11 Å². The van der Waals surface area contributed by atoms with Crippen molar-refractivity contribution < 1.29 is 23.1 Å². The van der Waals surface area contributed by atoms with Gasteiger partial charge in [-0.25, -0.2) is 4.79 Å². The van der Waals surface area contributed by atoms with E-state index in [0.29, 0.717) is 16.8 Å². The average Bonchev–Trinajstić information content (AvgIpc) is 2.70. The molecule has 2 rings (SSSR count). The Bertz CT molecular complexity index is 675. The fourth-order valence-electron chi connectivity index (χ4n) is 1.90. The van der Waals surface area contributed by atoms with Gasteiger partial charge in [-0.3, -0.25) is 4.68 Å². The van der Waals surface area contributed by atoms with Crippen LogP contribution in [-0.2, 0) is 13.2 Å². The number of aromatic nitrogens is 2. The lowest BCUT2D eigenvalue weighted by atomic mass is 10.0. The van der Waals surface area contributed by atoms with Crippen molar-refractivity contribution in [2.45, 2.75) is 13.1 Å². The molecule has 0 aliphatic heterocycles. The Morgan fingerprint density at radius 1 is 1.30 bits per heavy atom. The molecule has 0 unspecified atom stereocenters. The van der Waals surface area contributed by atoms with Gasteiger partial charge in [-0.05, 0) is 30.7 Å². The van der Waals surface area contributed by atoms with E-state index in [0.717, 1.165) is 12.1 Å². The van der Waals surface area contributed by atoms with Crippen molar-refractivity contribution in [1.82, 2.24) is 9.78 Å². The Morgan fingerprint density at radius 3 is 2.45 bits per heavy atom. The minimum Gasteiger partial charge on any atom is -0.476 e. The van der Waals surface area contributed by atoms with Gasteiger partial charge in [0.1, 0.15) is 0 Å². The number of carboxylic acids is 1. The number of rotatable bonds is 2. The molecule has 0 aliphatic rings. The molecule has 2 aromatic rings. The zero-order valence-electron chi connectivity index (χ0n) is 10.7. The second kappa shape index (κ2) is 4.66. The highest BCUT2D eigenvalue weighted by atomic mass is 19.4. The van der Waals surface area contributed by atoms with Gasteiger partial charge in [-0.1, -0.05) is 6.07 Å². The van der Waals surface area contributed by atoms with Gasteiger partial charge < -0.3 is 5.11 Å². The van der Waals surface area contributed by atoms with Gasteiger partial charge in [0.15, 0.2) is 5.69 Å². The van der Waals surface area contributed by atoms with Crippen molar-refractivity contribution in [3.05, 3.63) is 41.1 Å². The summed E-state index contributed by atoms with van der Waals surface area (Å²) in [5.41, 5.74) is 0.252. The van der Waals surface area contributed by atoms with Crippen LogP contribution in [0.25, 0.3) is 11.3 Å². The van der Waals surface area contributed by atoms with Gasteiger partial charge in [-0.15, -0.1) is 0 Å². The summed E-state index contributed by atoms with van der Waals surface area (Å²) < 4.78 is 39.5. The van der Waals surface area contributed by atoms with Crippen LogP contribution in [0.1, 0.15) is 21.6 Å². The van der Waals surface area contributed by atoms with Gasteiger partial charge >= 0.3 is 12.1 Å². The van der Waals surface area contributed by atoms with E-state index in [1.54, 1.807) is 6.92 Å². The van der Waals surface area contributed by atoms with Crippen molar-refractivity contribution in [1.29, 1.82) is 0 Å². The van der Waals surface area contributed by atoms with Gasteiger partial charge in [-0.2, -0.15) is 18.3 Å². The van der Waals surface area contributed by atoms with E-state index in [9.17, 15) is 18.0 Å². The van der Waals surface area contributed by atoms with Crippen LogP contribution < -0.4 is 0 Å². The number of carboxylic acid groups (broad SMARTS) is 1. The summed E-state index contributed by atoms with van der Waals surface area (Å²) in [6, 6.07) is 4.60. The lowest BCUT2D eigenvalue weighted by Gasteiger charge is -2.11. The third kappa shape index (κ3) is 2.52. The zero-order valence-corrected chi connectivity index (χ0v) is 10.7. The molecule has 1 aromatic heterocycles. The summed E-state index contributed by atoms with van der Waals surface area (Å²) in [6.07, 6.45) is -4.45. The number of nitrogens with zero attached hydrogens (tertiary/aromatic N) is 2. The molecule has 20 heavy (non-hydrogen) atoms. The van der Waals surface area contributed by atoms with Gasteiger partial charge in [0.25, 0.3) is 0 Å². The number of alkyl halides is 3. The van der Waals surface area contributed by atoms with Crippen LogP contribution in [0.4, 0.5) is 13.2 Å². The first-order valence-electron chi connectivity index (χ1n) is 5.65. The van der Waals surface area contributed by atoms with Crippen molar-refractivity contribution in [3.8, 4) is 11.3 Å². The molecule has 0 amide bonds. The minimum atomic E-state index is -4.45. The lowest BCUT2D eigenvalue weighted by molar-refractivity contribution is -0.137. The fourth-order valence-corrected chi connectivity index (χ4v) is 1.90. The molecule has 0 saturated carbocycles. The molecule has 0 bridgehead atoms. The predicted molar refractivity (Wildman–Crippen MR) is 65.3 cm³/mol. The van der Waals surface area contributed by atoms with E-state index in [1.807, 2.05) is 0 Å². The molecular weight excluding hydrogens is 273 g/mol. The van der Waals surface area contributed by atoms with Gasteiger partial charge in [0, 0.05) is 12.6 Å². The normalized spacial score (nSPS) is 11.7. The number of hydrogen-bond acceptors (Lipinski definition) is 2. The first kappa shape index (κ1) is 14.1. The van der Waals surface area contributed by atoms with Crippen molar-refractivity contribution in [3.63, 3.8) is 0 Å². The molecule has 0 fully saturated rings. The highest BCUT2D eigenvalue weighted by Crippen LogP contribution is 2.33. The number of aromatic carboxylic acids is 1. The standard InChI is InChI=1S/C13H11F3N2O2/c1-7-3-4-8(13(14,15)16)5-9(7)11-6-10(12(19)20)17-18(11)2/h3-6H,1-2H3,(H,19,20). The maximum absolute atomic E-state index is 12.7. The van der Waals surface area contributed by atoms with Crippen LogP contribution in [0.2, 0.25) is 0 Å². The molecular formula is C13H11F3N2O2. The lowest BCUT2D eigenvalue weighted by Crippen LogP contribution is -2.06. The quantitative estimate of drug-likeness (QED) is 0.921. The van der Waals surface area contributed by atoms with Crippen LogP contribution in [0.15, 0.2) is 24.3 Å². The van der Waals surface area contributed by atoms with Crippen LogP contribution in [-0.4, -0.2) is 20.9 Å². The molecule has 0 aliphatic carbocycles. The number of carbonyl (C=O) groups is 1. The Hall–Kier alpha value is -2.31. The molecule has 0 radical (unpaired) electrons. The maximum atomic E-state index is 12.7. The minimum absolute atomic E-state index is 0.209. The van der Waals surface area contributed by atoms with E-state index in [-0.39, 0.29) is 5.69 Å². The summed E-state index contributed by atoms with van der Waals surface area (Å²) in [5, 5.41) is 12.6. The molecule has 0 atom stereocenters. The Labute approximate surface area is 112 Å². The second-order valence-electron chi connectivity index (χ2n) is 4.37. The molecule has 1 aromatic carbocycles. The molecule has 7 heteroatoms. The predicted octanol–water partition coefficient (Wildman–Crippen LogP) is 3.11. The number of hydrogen-bond donors (Lipinski definition) is 1. The largest absolute Gasteiger partial charge is 0.476 e. The third-order valence-corrected chi connectivity index (χ3v) is 2.94. The molecule has 0 saturated heterocycles. The average molecular weight is 284 g/mol. The summed E-state index contributed by atoms with van der Waals surface area (Å²) >= 11 is 0. The van der Waals surface area contributed by atoms with Crippen molar-refractivity contribution >= 4 is 5.97 Å². The Balaban J connectivity index is 2.60. The molecule has 4 nitrogen and oxygen atoms in total. The van der Waals surface area contributed by atoms with Crippen LogP contribution in [0.5, 0.6) is 0 Å². The maximum Gasteiger partial charge on any atom is 0.416 e. The molecule has 1 heterocycles. The number of aryl methyl sites for hydroxylation is 2. The van der Waals surface area contributed by atoms with Gasteiger partial charge in [0.05, 0.1) is 11.3 Å². The Kier molecular flexibility index (Phi) is 3.29. The molecule has 0 spiro atoms. The van der Waals surface area contributed by atoms with E-state index in [1.165, 1.54) is 23.9 Å². The zero-order chi connectivity index (χ0) is 15.1. The fraction of sp³-hybridized carbons (Fsp3) is 0.231. The topological polar surface area (TPSA) is 55.1 Å².